The van der Waals surface area contributed by atoms with Crippen molar-refractivity contribution in [2.45, 2.75) is 55.1 Å². The van der Waals surface area contributed by atoms with Crippen LogP contribution in [0.2, 0.25) is 0 Å². The van der Waals surface area contributed by atoms with Crippen molar-refractivity contribution >= 4 is 40.5 Å². The van der Waals surface area contributed by atoms with Gasteiger partial charge in [-0.3, -0.25) is 0 Å². The van der Waals surface area contributed by atoms with Gasteiger partial charge in [-0.25, -0.2) is 42.8 Å². The largest absolute Gasteiger partial charge is 1.00 e. The second-order valence-corrected chi connectivity index (χ2v) is 19.0. The summed E-state index contributed by atoms with van der Waals surface area (Å²) in [5, 5.41) is 18.3. The molecule has 0 amide bonds. The molecule has 0 aliphatic rings. The third-order valence-corrected chi connectivity index (χ3v) is 13.4. The zero-order chi connectivity index (χ0) is 46.4. The normalized spacial score (nSPS) is 10.9. The average Bonchev–Trinajstić information content (AvgIpc) is 3.23. The van der Waals surface area contributed by atoms with Crippen LogP contribution in [0.1, 0.15) is 25.7 Å². The molecule has 14 nitrogen and oxygen atoms in total. The van der Waals surface area contributed by atoms with Gasteiger partial charge in [-0.1, -0.05) is 6.07 Å². The van der Waals surface area contributed by atoms with E-state index in [1.807, 2.05) is 0 Å². The van der Waals surface area contributed by atoms with Crippen LogP contribution in [0.25, 0.3) is 0 Å². The summed E-state index contributed by atoms with van der Waals surface area (Å²) in [6.07, 6.45) is 4.19. The van der Waals surface area contributed by atoms with Crippen LogP contribution in [0.4, 0.5) is 17.6 Å². The minimum atomic E-state index is -5.27. The molecule has 24 heteroatoms. The molecule has 0 fully saturated rings. The Labute approximate surface area is 424 Å². The van der Waals surface area contributed by atoms with Crippen LogP contribution in [0.15, 0.2) is 163 Å². The predicted octanol–water partition coefficient (Wildman–Crippen LogP) is 2.11. The molecule has 0 aliphatic heterocycles. The molecule has 6 rings (SSSR count). The van der Waals surface area contributed by atoms with Crippen molar-refractivity contribution < 1.29 is 140 Å². The van der Waals surface area contributed by atoms with Gasteiger partial charge < -0.3 is 38.1 Å². The van der Waals surface area contributed by atoms with Crippen LogP contribution in [-0.4, -0.2) is 58.7 Å². The monoisotopic (exact) mass is 1020 g/mol. The molecule has 0 bridgehead atoms. The fourth-order valence-corrected chi connectivity index (χ4v) is 8.89. The van der Waals surface area contributed by atoms with Gasteiger partial charge >= 0.3 is 59.1 Å². The van der Waals surface area contributed by atoms with Crippen molar-refractivity contribution in [2.24, 2.45) is 0 Å². The maximum absolute atomic E-state index is 13.4. The molecular formula is C42H37F4Na2O14S4-. The van der Waals surface area contributed by atoms with E-state index in [0.717, 1.165) is 67.5 Å². The van der Waals surface area contributed by atoms with E-state index in [-0.39, 0.29) is 85.9 Å². The van der Waals surface area contributed by atoms with Crippen molar-refractivity contribution in [1.82, 2.24) is 0 Å². The first kappa shape index (κ1) is 60.0. The van der Waals surface area contributed by atoms with Gasteiger partial charge in [0.2, 0.25) is 19.7 Å². The van der Waals surface area contributed by atoms with Crippen molar-refractivity contribution in [3.63, 3.8) is 0 Å². The summed E-state index contributed by atoms with van der Waals surface area (Å²) in [5.74, 6) is -1.58. The van der Waals surface area contributed by atoms with Gasteiger partial charge in [0.25, 0.3) is 0 Å². The summed E-state index contributed by atoms with van der Waals surface area (Å²) in [6.45, 7) is 1.37. The van der Waals surface area contributed by atoms with Gasteiger partial charge in [-0.2, -0.15) is 0 Å². The summed E-state index contributed by atoms with van der Waals surface area (Å²) < 4.78 is 167. The Morgan fingerprint density at radius 3 is 1.21 bits per heavy atom. The van der Waals surface area contributed by atoms with E-state index in [1.165, 1.54) is 24.3 Å². The maximum Gasteiger partial charge on any atom is 1.00 e. The molecule has 0 radical (unpaired) electrons. The molecule has 344 valence electrons. The standard InChI is InChI=1S/C18H22O4.C12H7F2O7S3.C12H8F2O2S.2Na.H2O/c19-15-5-9-17(10-6-15)21-13-3-1-2-4-14-22-18-11-7-16(20)8-12-18;13-9-3-1-7(5-11(9)22(15)16)23(17,18)8-2-4-10(14)12(6-8)24(19,20)21;13-9-1-5-11(6-2-9)17(15,16)12-7-3-10(14)4-8-12;;;/h5-12,19-20H,1-4,13-14H2;1-6H,(H,19,20,21);1-8H;;;1H2/q;-1;;2*+1;/p-2. The second kappa shape index (κ2) is 27.7. The fourth-order valence-electron chi connectivity index (χ4n) is 5.14. The Bertz CT molecular complexity index is 2780. The molecule has 6 aromatic rings. The van der Waals surface area contributed by atoms with Gasteiger partial charge in [0.15, 0.2) is 0 Å². The molecule has 0 spiro atoms. The van der Waals surface area contributed by atoms with Crippen LogP contribution in [0.5, 0.6) is 23.0 Å². The molecule has 0 atom stereocenters. The number of phenolic OH excluding ortho intramolecular Hbond substituents is 2. The molecule has 0 aliphatic carbocycles. The SMILES string of the molecule is O=S(=O)(c1ccc(F)cc1)c1ccc(F)cc1.O=[S-](=O)c1cc(S(=O)(=O)c2ccc(F)c(S(=O)(=O)[O-])c2)ccc1F.Oc1ccc(OCCCCCCOc2ccc(O)cc2)cc1.[Na+].[Na+].[OH-]. The number of sulfone groups is 2. The number of ether oxygens (including phenoxy) is 2. The first-order valence-electron chi connectivity index (χ1n) is 18.2. The van der Waals surface area contributed by atoms with E-state index >= 15 is 0 Å². The van der Waals surface area contributed by atoms with Gasteiger partial charge in [0, 0.05) is 0 Å². The van der Waals surface area contributed by atoms with Gasteiger partial charge in [-0.15, -0.1) is 0 Å². The fraction of sp³-hybridized carbons (Fsp3) is 0.143. The Morgan fingerprint density at radius 1 is 0.485 bits per heavy atom. The quantitative estimate of drug-likeness (QED) is 0.0374. The molecular weight excluding hydrogens is 979 g/mol. The molecule has 3 N–H and O–H groups in total. The zero-order valence-corrected chi connectivity index (χ0v) is 42.2. The van der Waals surface area contributed by atoms with Gasteiger partial charge in [0.05, 0.1) is 37.7 Å². The van der Waals surface area contributed by atoms with Crippen molar-refractivity contribution in [3.8, 4) is 23.0 Å². The van der Waals surface area contributed by atoms with E-state index < -0.39 is 83.3 Å². The van der Waals surface area contributed by atoms with Crippen LogP contribution >= 0.6 is 0 Å². The van der Waals surface area contributed by atoms with Crippen LogP contribution < -0.4 is 68.6 Å². The van der Waals surface area contributed by atoms with Crippen molar-refractivity contribution in [2.75, 3.05) is 13.2 Å². The number of rotatable bonds is 15. The van der Waals surface area contributed by atoms with Crippen molar-refractivity contribution in [1.29, 1.82) is 0 Å². The Hall–Kier alpha value is -4.04. The topological polar surface area (TPSA) is 249 Å². The summed E-state index contributed by atoms with van der Waals surface area (Å²) in [4.78, 5) is -3.79. The first-order chi connectivity index (χ1) is 29.7. The second-order valence-electron chi connectivity index (χ2n) is 12.9. The number of benzene rings is 6. The number of aromatic hydroxyl groups is 2. The summed E-state index contributed by atoms with van der Waals surface area (Å²) >= 11 is 0. The smallest absolute Gasteiger partial charge is 0.870 e. The third kappa shape index (κ3) is 18.2. The summed E-state index contributed by atoms with van der Waals surface area (Å²) in [5.41, 5.74) is 0. The first-order valence-corrected chi connectivity index (χ1v) is 23.6. The van der Waals surface area contributed by atoms with Crippen LogP contribution in [0.3, 0.4) is 0 Å². The Balaban J connectivity index is 0.000000490. The Kier molecular flexibility index (Phi) is 25.2. The molecule has 0 unspecified atom stereocenters. The summed E-state index contributed by atoms with van der Waals surface area (Å²) in [7, 11) is -16.6. The molecule has 66 heavy (non-hydrogen) atoms. The minimum absolute atomic E-state index is 0. The van der Waals surface area contributed by atoms with Gasteiger partial charge in [0.1, 0.15) is 56.4 Å². The molecule has 0 saturated heterocycles. The van der Waals surface area contributed by atoms with E-state index in [9.17, 15) is 55.8 Å². The van der Waals surface area contributed by atoms with E-state index in [2.05, 4.69) is 0 Å². The summed E-state index contributed by atoms with van der Waals surface area (Å²) in [6, 6.07) is 25.8. The van der Waals surface area contributed by atoms with E-state index in [0.29, 0.717) is 43.5 Å². The predicted molar refractivity (Wildman–Crippen MR) is 219 cm³/mol. The molecule has 0 saturated carbocycles. The minimum Gasteiger partial charge on any atom is -0.870 e. The number of phenols is 2. The number of halogens is 4. The van der Waals surface area contributed by atoms with E-state index in [1.54, 1.807) is 48.5 Å². The van der Waals surface area contributed by atoms with Crippen molar-refractivity contribution in [3.05, 3.63) is 157 Å². The van der Waals surface area contributed by atoms with Crippen LogP contribution in [-0.2, 0) is 48.9 Å². The number of hydrogen-bond acceptors (Lipinski definition) is 15. The van der Waals surface area contributed by atoms with Crippen LogP contribution in [0, 0.1) is 23.3 Å². The molecule has 0 heterocycles. The maximum atomic E-state index is 13.4. The zero-order valence-electron chi connectivity index (χ0n) is 34.9. The van der Waals surface area contributed by atoms with E-state index in [4.69, 9.17) is 19.7 Å². The number of unbranched alkanes of at least 4 members (excludes halogenated alkanes) is 3. The molecule has 0 aromatic heterocycles. The Morgan fingerprint density at radius 2 is 0.833 bits per heavy atom. The third-order valence-electron chi connectivity index (χ3n) is 8.37. The number of hydrogen-bond donors (Lipinski definition) is 2. The molecule has 6 aromatic carbocycles. The average molecular weight is 1020 g/mol. The van der Waals surface area contributed by atoms with Gasteiger partial charge in [-0.05, 0) is 169 Å².